The van der Waals surface area contributed by atoms with E-state index < -0.39 is 5.97 Å². The third-order valence-electron chi connectivity index (χ3n) is 3.16. The predicted molar refractivity (Wildman–Crippen MR) is 51.2 cm³/mol. The van der Waals surface area contributed by atoms with Crippen LogP contribution >= 0.6 is 0 Å². The van der Waals surface area contributed by atoms with Gasteiger partial charge in [0.2, 0.25) is 0 Å². The molecule has 0 saturated carbocycles. The van der Waals surface area contributed by atoms with Gasteiger partial charge in [-0.3, -0.25) is 9.69 Å². The van der Waals surface area contributed by atoms with Crippen LogP contribution in [0.25, 0.3) is 0 Å². The second-order valence-electron chi connectivity index (χ2n) is 4.81. The Morgan fingerprint density at radius 1 is 1.64 bits per heavy atom. The SMILES string of the molecule is CC1(CN2CCC2CC(=O)O)COC1. The molecule has 1 atom stereocenters. The standard InChI is InChI=1S/C10H17NO3/c1-10(6-14-7-10)5-11-3-2-8(11)4-9(12)13/h8H,2-7H2,1H3,(H,12,13). The first-order chi connectivity index (χ1) is 6.59. The number of carbonyl (C=O) groups is 1. The lowest BCUT2D eigenvalue weighted by Crippen LogP contribution is -2.57. The van der Waals surface area contributed by atoms with E-state index in [0.29, 0.717) is 0 Å². The first-order valence-electron chi connectivity index (χ1n) is 5.13. The van der Waals surface area contributed by atoms with Crippen molar-refractivity contribution in [2.75, 3.05) is 26.3 Å². The molecule has 1 unspecified atom stereocenters. The molecule has 0 spiro atoms. The van der Waals surface area contributed by atoms with E-state index in [1.54, 1.807) is 0 Å². The van der Waals surface area contributed by atoms with Crippen LogP contribution in [0.4, 0.5) is 0 Å². The summed E-state index contributed by atoms with van der Waals surface area (Å²) < 4.78 is 5.18. The first kappa shape index (κ1) is 9.93. The molecule has 4 heteroatoms. The molecule has 0 aliphatic carbocycles. The Morgan fingerprint density at radius 2 is 2.36 bits per heavy atom. The number of likely N-dealkylation sites (tertiary alicyclic amines) is 1. The molecule has 0 aromatic rings. The van der Waals surface area contributed by atoms with Crippen molar-refractivity contribution < 1.29 is 14.6 Å². The van der Waals surface area contributed by atoms with Crippen molar-refractivity contribution in [1.82, 2.24) is 4.90 Å². The van der Waals surface area contributed by atoms with Gasteiger partial charge in [0.25, 0.3) is 0 Å². The minimum Gasteiger partial charge on any atom is -0.481 e. The number of ether oxygens (including phenoxy) is 1. The molecular weight excluding hydrogens is 182 g/mol. The molecular formula is C10H17NO3. The summed E-state index contributed by atoms with van der Waals surface area (Å²) in [6.07, 6.45) is 1.32. The monoisotopic (exact) mass is 199 g/mol. The normalized spacial score (nSPS) is 30.5. The number of nitrogens with zero attached hydrogens (tertiary/aromatic N) is 1. The Balaban J connectivity index is 1.78. The maximum atomic E-state index is 10.5. The molecule has 4 nitrogen and oxygen atoms in total. The van der Waals surface area contributed by atoms with Gasteiger partial charge in [0.1, 0.15) is 0 Å². The third kappa shape index (κ3) is 1.91. The van der Waals surface area contributed by atoms with Crippen LogP contribution in [0.2, 0.25) is 0 Å². The van der Waals surface area contributed by atoms with Crippen molar-refractivity contribution in [2.45, 2.75) is 25.8 Å². The molecule has 2 aliphatic heterocycles. The molecule has 0 bridgehead atoms. The Kier molecular flexibility index (Phi) is 2.49. The number of aliphatic carboxylic acids is 1. The molecule has 2 fully saturated rings. The average Bonchev–Trinajstić information content (AvgIpc) is 2.05. The minimum atomic E-state index is -0.685. The molecule has 80 valence electrons. The van der Waals surface area contributed by atoms with E-state index in [9.17, 15) is 4.79 Å². The first-order valence-corrected chi connectivity index (χ1v) is 5.13. The van der Waals surface area contributed by atoms with Gasteiger partial charge in [-0.1, -0.05) is 6.92 Å². The van der Waals surface area contributed by atoms with Gasteiger partial charge in [-0.25, -0.2) is 0 Å². The molecule has 2 aliphatic rings. The van der Waals surface area contributed by atoms with Crippen LogP contribution in [0, 0.1) is 5.41 Å². The summed E-state index contributed by atoms with van der Waals surface area (Å²) in [5.74, 6) is -0.685. The summed E-state index contributed by atoms with van der Waals surface area (Å²) >= 11 is 0. The lowest BCUT2D eigenvalue weighted by molar-refractivity contribution is -0.145. The molecule has 2 heterocycles. The van der Waals surface area contributed by atoms with Crippen molar-refractivity contribution in [3.8, 4) is 0 Å². The molecule has 2 rings (SSSR count). The quantitative estimate of drug-likeness (QED) is 0.719. The fourth-order valence-electron chi connectivity index (χ4n) is 2.17. The molecule has 0 radical (unpaired) electrons. The maximum absolute atomic E-state index is 10.5. The zero-order valence-electron chi connectivity index (χ0n) is 8.53. The fraction of sp³-hybridized carbons (Fsp3) is 0.900. The van der Waals surface area contributed by atoms with Crippen LogP contribution in [0.15, 0.2) is 0 Å². The van der Waals surface area contributed by atoms with Crippen LogP contribution in [0.3, 0.4) is 0 Å². The number of hydrogen-bond donors (Lipinski definition) is 1. The molecule has 0 amide bonds. The van der Waals surface area contributed by atoms with Crippen molar-refractivity contribution in [1.29, 1.82) is 0 Å². The van der Waals surface area contributed by atoms with E-state index in [-0.39, 0.29) is 17.9 Å². The van der Waals surface area contributed by atoms with Crippen LogP contribution in [0.5, 0.6) is 0 Å². The lowest BCUT2D eigenvalue weighted by Gasteiger charge is -2.48. The van der Waals surface area contributed by atoms with E-state index in [1.165, 1.54) is 0 Å². The van der Waals surface area contributed by atoms with E-state index in [4.69, 9.17) is 9.84 Å². The summed E-state index contributed by atoms with van der Waals surface area (Å²) in [6.45, 7) is 5.89. The highest BCUT2D eigenvalue weighted by atomic mass is 16.5. The van der Waals surface area contributed by atoms with Gasteiger partial charge in [0.05, 0.1) is 19.6 Å². The topological polar surface area (TPSA) is 49.8 Å². The van der Waals surface area contributed by atoms with Gasteiger partial charge in [-0.2, -0.15) is 0 Å². The van der Waals surface area contributed by atoms with Gasteiger partial charge in [0.15, 0.2) is 0 Å². The Morgan fingerprint density at radius 3 is 2.71 bits per heavy atom. The number of carboxylic acids is 1. The van der Waals surface area contributed by atoms with Gasteiger partial charge in [-0.15, -0.1) is 0 Å². The average molecular weight is 199 g/mol. The van der Waals surface area contributed by atoms with Gasteiger partial charge in [0, 0.05) is 18.0 Å². The van der Waals surface area contributed by atoms with E-state index in [1.807, 2.05) is 0 Å². The lowest BCUT2D eigenvalue weighted by atomic mass is 9.85. The van der Waals surface area contributed by atoms with Gasteiger partial charge in [-0.05, 0) is 13.0 Å². The van der Waals surface area contributed by atoms with Crippen LogP contribution in [-0.2, 0) is 9.53 Å². The largest absolute Gasteiger partial charge is 0.481 e. The number of carboxylic acid groups (broad SMARTS) is 1. The molecule has 2 saturated heterocycles. The third-order valence-corrected chi connectivity index (χ3v) is 3.16. The molecule has 14 heavy (non-hydrogen) atoms. The highest BCUT2D eigenvalue weighted by Crippen LogP contribution is 2.32. The Labute approximate surface area is 83.8 Å². The van der Waals surface area contributed by atoms with Crippen LogP contribution in [-0.4, -0.2) is 48.3 Å². The van der Waals surface area contributed by atoms with Crippen molar-refractivity contribution >= 4 is 5.97 Å². The summed E-state index contributed by atoms with van der Waals surface area (Å²) in [5.41, 5.74) is 0.275. The van der Waals surface area contributed by atoms with Crippen molar-refractivity contribution in [3.63, 3.8) is 0 Å². The van der Waals surface area contributed by atoms with Gasteiger partial charge < -0.3 is 9.84 Å². The maximum Gasteiger partial charge on any atom is 0.304 e. The summed E-state index contributed by atoms with van der Waals surface area (Å²) in [5, 5.41) is 8.68. The summed E-state index contributed by atoms with van der Waals surface area (Å²) in [7, 11) is 0. The zero-order chi connectivity index (χ0) is 10.2. The van der Waals surface area contributed by atoms with E-state index in [0.717, 1.165) is 32.7 Å². The van der Waals surface area contributed by atoms with Crippen LogP contribution in [0.1, 0.15) is 19.8 Å². The van der Waals surface area contributed by atoms with Gasteiger partial charge >= 0.3 is 5.97 Å². The minimum absolute atomic E-state index is 0.268. The van der Waals surface area contributed by atoms with Crippen molar-refractivity contribution in [3.05, 3.63) is 0 Å². The fourth-order valence-corrected chi connectivity index (χ4v) is 2.17. The predicted octanol–water partition coefficient (Wildman–Crippen LogP) is 0.572. The van der Waals surface area contributed by atoms with E-state index >= 15 is 0 Å². The second-order valence-corrected chi connectivity index (χ2v) is 4.81. The summed E-state index contributed by atoms with van der Waals surface area (Å²) in [6, 6.07) is 0.268. The van der Waals surface area contributed by atoms with E-state index in [2.05, 4.69) is 11.8 Å². The highest BCUT2D eigenvalue weighted by molar-refractivity contribution is 5.67. The summed E-state index contributed by atoms with van der Waals surface area (Å²) in [4.78, 5) is 12.8. The second kappa shape index (κ2) is 3.51. The van der Waals surface area contributed by atoms with Crippen LogP contribution < -0.4 is 0 Å². The Hall–Kier alpha value is -0.610. The van der Waals surface area contributed by atoms with Crippen molar-refractivity contribution in [2.24, 2.45) is 5.41 Å². The highest BCUT2D eigenvalue weighted by Gasteiger charge is 2.40. The zero-order valence-corrected chi connectivity index (χ0v) is 8.53. The molecule has 0 aromatic heterocycles. The number of hydrogen-bond acceptors (Lipinski definition) is 3. The molecule has 0 aromatic carbocycles. The molecule has 1 N–H and O–H groups in total. The number of rotatable bonds is 4. The smallest absolute Gasteiger partial charge is 0.304 e. The Bertz CT molecular complexity index is 238.